The van der Waals surface area contributed by atoms with E-state index in [0.29, 0.717) is 11.8 Å². The Bertz CT molecular complexity index is 1640. The molecule has 0 amide bonds. The molecule has 2 aromatic heterocycles. The van der Waals surface area contributed by atoms with Crippen LogP contribution in [0.5, 0.6) is 0 Å². The number of nitrogens with zero attached hydrogens (tertiary/aromatic N) is 3. The zero-order valence-corrected chi connectivity index (χ0v) is 24.3. The molecule has 6 nitrogen and oxygen atoms in total. The highest BCUT2D eigenvalue weighted by Gasteiger charge is 2.29. The van der Waals surface area contributed by atoms with Gasteiger partial charge in [0.15, 0.2) is 5.78 Å². The van der Waals surface area contributed by atoms with Crippen LogP contribution in [0.2, 0.25) is 0 Å². The van der Waals surface area contributed by atoms with E-state index in [-0.39, 0.29) is 17.6 Å². The summed E-state index contributed by atoms with van der Waals surface area (Å²) in [4.78, 5) is 31.5. The zero-order chi connectivity index (χ0) is 28.6. The second kappa shape index (κ2) is 11.4. The molecule has 3 aliphatic rings. The molecule has 1 aliphatic heterocycles. The van der Waals surface area contributed by atoms with Gasteiger partial charge in [0.2, 0.25) is 0 Å². The highest BCUT2D eigenvalue weighted by Crippen LogP contribution is 2.41. The Labute approximate surface area is 247 Å². The number of aromatic nitrogens is 3. The fraction of sp³-hybridized carbons (Fsp3) is 0.389. The van der Waals surface area contributed by atoms with E-state index in [1.54, 1.807) is 0 Å². The van der Waals surface area contributed by atoms with Crippen LogP contribution in [0, 0.1) is 11.8 Å². The number of likely N-dealkylation sites (tertiary alicyclic amines) is 1. The molecule has 1 atom stereocenters. The summed E-state index contributed by atoms with van der Waals surface area (Å²) in [7, 11) is 0. The van der Waals surface area contributed by atoms with E-state index in [1.807, 2.05) is 24.5 Å². The quantitative estimate of drug-likeness (QED) is 0.192. The van der Waals surface area contributed by atoms with Crippen molar-refractivity contribution in [1.82, 2.24) is 20.1 Å². The first kappa shape index (κ1) is 27.0. The van der Waals surface area contributed by atoms with Crippen molar-refractivity contribution < 1.29 is 9.59 Å². The van der Waals surface area contributed by atoms with Crippen molar-refractivity contribution in [2.75, 3.05) is 19.6 Å². The van der Waals surface area contributed by atoms with Crippen molar-refractivity contribution in [3.05, 3.63) is 88.9 Å². The van der Waals surface area contributed by atoms with Gasteiger partial charge in [-0.3, -0.25) is 19.8 Å². The third-order valence-electron chi connectivity index (χ3n) is 10.1. The van der Waals surface area contributed by atoms with E-state index in [1.165, 1.54) is 33.5 Å². The number of pyridine rings is 1. The number of hydrogen-bond donors (Lipinski definition) is 1. The van der Waals surface area contributed by atoms with Crippen molar-refractivity contribution in [2.45, 2.75) is 57.3 Å². The van der Waals surface area contributed by atoms with E-state index in [9.17, 15) is 9.59 Å². The molecular weight excluding hydrogens is 520 g/mol. The van der Waals surface area contributed by atoms with Gasteiger partial charge in [0.25, 0.3) is 0 Å². The number of benzene rings is 2. The second-order valence-corrected chi connectivity index (χ2v) is 12.6. The summed E-state index contributed by atoms with van der Waals surface area (Å²) in [5, 5.41) is 8.34. The summed E-state index contributed by atoms with van der Waals surface area (Å²) in [5.74, 6) is 1.31. The van der Waals surface area contributed by atoms with Crippen LogP contribution in [0.15, 0.2) is 66.5 Å². The van der Waals surface area contributed by atoms with Gasteiger partial charge in [-0.1, -0.05) is 43.3 Å². The molecule has 3 heterocycles. The van der Waals surface area contributed by atoms with Crippen LogP contribution in [-0.2, 0) is 4.79 Å². The Morgan fingerprint density at radius 2 is 1.79 bits per heavy atom. The van der Waals surface area contributed by atoms with Crippen LogP contribution in [0.1, 0.15) is 84.5 Å². The van der Waals surface area contributed by atoms with Crippen molar-refractivity contribution in [1.29, 1.82) is 0 Å². The van der Waals surface area contributed by atoms with Gasteiger partial charge >= 0.3 is 0 Å². The lowest BCUT2D eigenvalue weighted by Crippen LogP contribution is -2.34. The van der Waals surface area contributed by atoms with Crippen LogP contribution < -0.4 is 0 Å². The van der Waals surface area contributed by atoms with Crippen LogP contribution in [0.3, 0.4) is 0 Å². The molecule has 2 aliphatic carbocycles. The first-order valence-electron chi connectivity index (χ1n) is 15.5. The zero-order valence-electron chi connectivity index (χ0n) is 24.3. The Hall–Kier alpha value is -3.90. The Morgan fingerprint density at radius 3 is 2.55 bits per heavy atom. The van der Waals surface area contributed by atoms with E-state index < -0.39 is 0 Å². The SMILES string of the molecule is CC1C(CN2CCC(c3ccc(C(=O)C4CCC(C=O)CC4)cc3)CC2)=Cc2c(-c3ccc4[nH]ncc4c3)ccnc21. The van der Waals surface area contributed by atoms with Gasteiger partial charge < -0.3 is 4.79 Å². The van der Waals surface area contributed by atoms with Gasteiger partial charge in [-0.25, -0.2) is 0 Å². The number of aromatic amines is 1. The van der Waals surface area contributed by atoms with E-state index in [4.69, 9.17) is 4.98 Å². The lowest BCUT2D eigenvalue weighted by atomic mass is 9.79. The number of carbonyl (C=O) groups is 2. The number of Topliss-reactive ketones (excluding diaryl/α,β-unsaturated/α-hetero) is 1. The molecule has 7 rings (SSSR count). The maximum Gasteiger partial charge on any atom is 0.165 e. The smallest absolute Gasteiger partial charge is 0.165 e. The minimum Gasteiger partial charge on any atom is -0.303 e. The second-order valence-electron chi connectivity index (χ2n) is 12.6. The van der Waals surface area contributed by atoms with Crippen molar-refractivity contribution in [3.8, 4) is 11.1 Å². The van der Waals surface area contributed by atoms with Crippen molar-refractivity contribution in [3.63, 3.8) is 0 Å². The summed E-state index contributed by atoms with van der Waals surface area (Å²) in [6, 6.07) is 17.0. The topological polar surface area (TPSA) is 79.0 Å². The third-order valence-corrected chi connectivity index (χ3v) is 10.1. The van der Waals surface area contributed by atoms with Gasteiger partial charge in [0, 0.05) is 47.0 Å². The highest BCUT2D eigenvalue weighted by molar-refractivity contribution is 5.98. The highest BCUT2D eigenvalue weighted by atomic mass is 16.1. The van der Waals surface area contributed by atoms with Crippen LogP contribution in [0.25, 0.3) is 28.1 Å². The minimum absolute atomic E-state index is 0.0696. The Balaban J connectivity index is 0.979. The van der Waals surface area contributed by atoms with E-state index >= 15 is 0 Å². The molecule has 6 heteroatoms. The number of piperidine rings is 1. The molecule has 1 N–H and O–H groups in total. The summed E-state index contributed by atoms with van der Waals surface area (Å²) in [5.41, 5.74) is 9.53. The largest absolute Gasteiger partial charge is 0.303 e. The molecule has 42 heavy (non-hydrogen) atoms. The van der Waals surface area contributed by atoms with Crippen molar-refractivity contribution in [2.24, 2.45) is 11.8 Å². The summed E-state index contributed by atoms with van der Waals surface area (Å²) >= 11 is 0. The number of rotatable bonds is 7. The molecule has 2 aromatic carbocycles. The number of nitrogens with one attached hydrogen (secondary N) is 1. The average Bonchev–Trinajstić information content (AvgIpc) is 3.65. The Morgan fingerprint density at radius 1 is 1.00 bits per heavy atom. The number of aldehydes is 1. The maximum absolute atomic E-state index is 13.0. The first-order chi connectivity index (χ1) is 20.6. The van der Waals surface area contributed by atoms with Crippen LogP contribution >= 0.6 is 0 Å². The molecule has 214 valence electrons. The maximum atomic E-state index is 13.0. The lowest BCUT2D eigenvalue weighted by Gasteiger charge is -2.33. The number of ketones is 1. The standard InChI is InChI=1S/C36H38N4O2/c1-23-31(19-33-32(12-15-37-35(23)33)29-10-11-34-30(18-29)20-38-39-34)21-40-16-13-26(14-17-40)25-6-8-28(9-7-25)36(42)27-4-2-24(22-41)3-5-27/h6-12,15,18-20,22-24,26-27H,2-5,13-14,16-17,21H2,1H3,(H,38,39). The fourth-order valence-electron chi connectivity index (χ4n) is 7.37. The molecule has 1 saturated carbocycles. The molecule has 0 spiro atoms. The lowest BCUT2D eigenvalue weighted by molar-refractivity contribution is -0.112. The normalized spacial score (nSPS) is 23.1. The molecule has 4 aromatic rings. The summed E-state index contributed by atoms with van der Waals surface area (Å²) < 4.78 is 0. The molecular formula is C36H38N4O2. The predicted octanol–water partition coefficient (Wildman–Crippen LogP) is 7.19. The molecule has 0 radical (unpaired) electrons. The van der Waals surface area contributed by atoms with Gasteiger partial charge in [0.1, 0.15) is 6.29 Å². The summed E-state index contributed by atoms with van der Waals surface area (Å²) in [6.07, 6.45) is 12.9. The number of H-pyrrole nitrogens is 1. The first-order valence-corrected chi connectivity index (χ1v) is 15.5. The van der Waals surface area contributed by atoms with Crippen LogP contribution in [0.4, 0.5) is 0 Å². The average molecular weight is 559 g/mol. The predicted molar refractivity (Wildman–Crippen MR) is 166 cm³/mol. The van der Waals surface area contributed by atoms with E-state index in [0.717, 1.165) is 80.9 Å². The van der Waals surface area contributed by atoms with Gasteiger partial charge in [-0.15, -0.1) is 0 Å². The number of carbonyl (C=O) groups excluding carboxylic acids is 2. The monoisotopic (exact) mass is 558 g/mol. The van der Waals surface area contributed by atoms with Crippen LogP contribution in [-0.4, -0.2) is 51.8 Å². The fourth-order valence-corrected chi connectivity index (χ4v) is 7.37. The Kier molecular flexibility index (Phi) is 7.32. The van der Waals surface area contributed by atoms with Gasteiger partial charge in [0.05, 0.1) is 17.4 Å². The molecule has 0 bridgehead atoms. The van der Waals surface area contributed by atoms with Gasteiger partial charge in [-0.2, -0.15) is 5.10 Å². The molecule has 2 fully saturated rings. The van der Waals surface area contributed by atoms with E-state index in [2.05, 4.69) is 64.5 Å². The van der Waals surface area contributed by atoms with Gasteiger partial charge in [-0.05, 0) is 98.0 Å². The minimum atomic E-state index is 0.0696. The number of hydrogen-bond acceptors (Lipinski definition) is 5. The summed E-state index contributed by atoms with van der Waals surface area (Å²) in [6.45, 7) is 5.41. The molecule has 1 unspecified atom stereocenters. The van der Waals surface area contributed by atoms with Crippen molar-refractivity contribution >= 4 is 29.0 Å². The third kappa shape index (κ3) is 5.13. The number of fused-ring (bicyclic) bond motifs is 2. The molecule has 1 saturated heterocycles.